The molecule has 204 valence electrons. The summed E-state index contributed by atoms with van der Waals surface area (Å²) in [5.74, 6) is -1.54. The topological polar surface area (TPSA) is 114 Å². The molecule has 0 saturated heterocycles. The van der Waals surface area contributed by atoms with E-state index in [0.29, 0.717) is 24.0 Å². The van der Waals surface area contributed by atoms with Crippen LogP contribution in [0.2, 0.25) is 0 Å². The minimum absolute atomic E-state index is 0.0141. The first-order chi connectivity index (χ1) is 18.7. The molecule has 0 aliphatic heterocycles. The Hall–Kier alpha value is -4.73. The third-order valence-electron chi connectivity index (χ3n) is 5.68. The van der Waals surface area contributed by atoms with E-state index in [4.69, 9.17) is 14.2 Å². The molecule has 9 nitrogen and oxygen atoms in total. The van der Waals surface area contributed by atoms with Crippen molar-refractivity contribution in [2.24, 2.45) is 0 Å². The van der Waals surface area contributed by atoms with Gasteiger partial charge in [-0.3, -0.25) is 0 Å². The van der Waals surface area contributed by atoms with Gasteiger partial charge in [0.15, 0.2) is 11.5 Å². The van der Waals surface area contributed by atoms with Crippen LogP contribution >= 0.6 is 0 Å². The highest BCUT2D eigenvalue weighted by atomic mass is 19.1. The molecule has 0 N–H and O–H groups in total. The summed E-state index contributed by atoms with van der Waals surface area (Å²) in [6.45, 7) is 1.16. The highest BCUT2D eigenvalue weighted by Gasteiger charge is 2.39. The standard InChI is InChI=1S/C29H28FNO8/c1-29(30,24-13-7-6-12-23(24)22-10-4-3-5-11-22)28(33)39-25-16-14-21(20-26(25)36-2)15-17-27(32)37-18-8-9-19-38-31(34)35/h3-7,10-17,20H,8-9,18-19H2,1-2H3/b17-15+. The number of rotatable bonds is 13. The monoisotopic (exact) mass is 537 g/mol. The van der Waals surface area contributed by atoms with Crippen LogP contribution in [0.4, 0.5) is 4.39 Å². The summed E-state index contributed by atoms with van der Waals surface area (Å²) >= 11 is 0. The van der Waals surface area contributed by atoms with Crippen molar-refractivity contribution in [3.63, 3.8) is 0 Å². The summed E-state index contributed by atoms with van der Waals surface area (Å²) in [7, 11) is 1.37. The van der Waals surface area contributed by atoms with Crippen molar-refractivity contribution in [2.45, 2.75) is 25.4 Å². The number of alkyl halides is 1. The Morgan fingerprint density at radius 2 is 1.67 bits per heavy atom. The fourth-order valence-electron chi connectivity index (χ4n) is 3.67. The van der Waals surface area contributed by atoms with Crippen molar-refractivity contribution in [3.05, 3.63) is 100 Å². The van der Waals surface area contributed by atoms with Crippen LogP contribution in [-0.4, -0.2) is 37.3 Å². The second kappa shape index (κ2) is 13.7. The predicted octanol–water partition coefficient (Wildman–Crippen LogP) is 5.70. The fourth-order valence-corrected chi connectivity index (χ4v) is 3.67. The zero-order valence-corrected chi connectivity index (χ0v) is 21.5. The zero-order chi connectivity index (χ0) is 28.3. The van der Waals surface area contributed by atoms with Gasteiger partial charge >= 0.3 is 11.9 Å². The van der Waals surface area contributed by atoms with Gasteiger partial charge in [-0.1, -0.05) is 60.7 Å². The molecular formula is C29H28FNO8. The predicted molar refractivity (Wildman–Crippen MR) is 141 cm³/mol. The minimum atomic E-state index is -2.46. The van der Waals surface area contributed by atoms with E-state index in [-0.39, 0.29) is 30.3 Å². The average Bonchev–Trinajstić information content (AvgIpc) is 2.94. The van der Waals surface area contributed by atoms with E-state index in [1.54, 1.807) is 30.3 Å². The highest BCUT2D eigenvalue weighted by molar-refractivity contribution is 5.88. The van der Waals surface area contributed by atoms with E-state index >= 15 is 4.39 Å². The molecule has 3 rings (SSSR count). The number of halogens is 1. The van der Waals surface area contributed by atoms with Gasteiger partial charge < -0.3 is 19.0 Å². The molecule has 1 atom stereocenters. The summed E-state index contributed by atoms with van der Waals surface area (Å²) in [5, 5.41) is 9.20. The minimum Gasteiger partial charge on any atom is -0.493 e. The lowest BCUT2D eigenvalue weighted by molar-refractivity contribution is -0.757. The lowest BCUT2D eigenvalue weighted by Gasteiger charge is -2.22. The second-order valence-corrected chi connectivity index (χ2v) is 8.48. The Bertz CT molecular complexity index is 1320. The second-order valence-electron chi connectivity index (χ2n) is 8.48. The third kappa shape index (κ3) is 8.13. The van der Waals surface area contributed by atoms with Crippen LogP contribution in [-0.2, 0) is 24.8 Å². The number of unbranched alkanes of at least 4 members (excludes halogenated alkanes) is 1. The van der Waals surface area contributed by atoms with Gasteiger partial charge in [-0.15, -0.1) is 10.1 Å². The molecule has 0 saturated carbocycles. The van der Waals surface area contributed by atoms with Gasteiger partial charge in [-0.25, -0.2) is 14.0 Å². The Morgan fingerprint density at radius 3 is 2.38 bits per heavy atom. The average molecular weight is 538 g/mol. The van der Waals surface area contributed by atoms with Gasteiger partial charge in [0.1, 0.15) is 0 Å². The van der Waals surface area contributed by atoms with E-state index in [0.717, 1.165) is 12.5 Å². The first-order valence-electron chi connectivity index (χ1n) is 12.1. The van der Waals surface area contributed by atoms with Crippen LogP contribution in [0.5, 0.6) is 11.5 Å². The fraction of sp³-hybridized carbons (Fsp3) is 0.241. The molecule has 3 aromatic carbocycles. The molecule has 3 aromatic rings. The Morgan fingerprint density at radius 1 is 0.974 bits per heavy atom. The van der Waals surface area contributed by atoms with E-state index in [2.05, 4.69) is 4.84 Å². The van der Waals surface area contributed by atoms with Crippen LogP contribution in [0, 0.1) is 10.1 Å². The molecule has 0 spiro atoms. The van der Waals surface area contributed by atoms with Gasteiger partial charge in [0.05, 0.1) is 20.3 Å². The molecule has 0 amide bonds. The van der Waals surface area contributed by atoms with Crippen molar-refractivity contribution in [1.29, 1.82) is 0 Å². The number of hydrogen-bond acceptors (Lipinski definition) is 8. The lowest BCUT2D eigenvalue weighted by Crippen LogP contribution is -2.32. The molecule has 0 bridgehead atoms. The molecule has 0 aromatic heterocycles. The molecule has 0 aliphatic rings. The van der Waals surface area contributed by atoms with Gasteiger partial charge in [-0.2, -0.15) is 0 Å². The van der Waals surface area contributed by atoms with Crippen molar-refractivity contribution in [3.8, 4) is 22.6 Å². The lowest BCUT2D eigenvalue weighted by atomic mass is 9.89. The van der Waals surface area contributed by atoms with E-state index < -0.39 is 22.7 Å². The smallest absolute Gasteiger partial charge is 0.353 e. The first kappa shape index (κ1) is 28.8. The van der Waals surface area contributed by atoms with Crippen molar-refractivity contribution >= 4 is 18.0 Å². The molecule has 0 fully saturated rings. The maximum Gasteiger partial charge on any atom is 0.353 e. The summed E-state index contributed by atoms with van der Waals surface area (Å²) in [6, 6.07) is 20.4. The number of carbonyl (C=O) groups excluding carboxylic acids is 2. The van der Waals surface area contributed by atoms with Crippen molar-refractivity contribution < 1.29 is 38.1 Å². The molecular weight excluding hydrogens is 509 g/mol. The molecule has 1 unspecified atom stereocenters. The quantitative estimate of drug-likeness (QED) is 0.0682. The van der Waals surface area contributed by atoms with Crippen LogP contribution in [0.15, 0.2) is 78.9 Å². The molecule has 39 heavy (non-hydrogen) atoms. The van der Waals surface area contributed by atoms with Gasteiger partial charge in [-0.05, 0) is 54.7 Å². The van der Waals surface area contributed by atoms with Gasteiger partial charge in [0, 0.05) is 11.6 Å². The number of benzene rings is 3. The van der Waals surface area contributed by atoms with Crippen molar-refractivity contribution in [1.82, 2.24) is 0 Å². The van der Waals surface area contributed by atoms with Crippen molar-refractivity contribution in [2.75, 3.05) is 20.3 Å². The molecule has 0 aliphatic carbocycles. The number of hydrogen-bond donors (Lipinski definition) is 0. The maximum atomic E-state index is 16.0. The Labute approximate surface area is 224 Å². The van der Waals surface area contributed by atoms with E-state index in [1.165, 1.54) is 31.4 Å². The number of carbonyl (C=O) groups is 2. The number of nitrogens with zero attached hydrogens (tertiary/aromatic N) is 1. The molecule has 10 heteroatoms. The summed E-state index contributed by atoms with van der Waals surface area (Å²) in [6.07, 6.45) is 3.45. The third-order valence-corrected chi connectivity index (χ3v) is 5.68. The maximum absolute atomic E-state index is 16.0. The van der Waals surface area contributed by atoms with Crippen LogP contribution in [0.3, 0.4) is 0 Å². The van der Waals surface area contributed by atoms with E-state index in [9.17, 15) is 19.7 Å². The normalized spacial score (nSPS) is 12.4. The highest BCUT2D eigenvalue weighted by Crippen LogP contribution is 2.37. The largest absolute Gasteiger partial charge is 0.493 e. The van der Waals surface area contributed by atoms with Crippen LogP contribution in [0.25, 0.3) is 17.2 Å². The zero-order valence-electron chi connectivity index (χ0n) is 21.5. The number of esters is 2. The number of ether oxygens (including phenoxy) is 3. The Balaban J connectivity index is 1.65. The SMILES string of the molecule is COc1cc(/C=C/C(=O)OCCCCO[N+](=O)[O-])ccc1OC(=O)C(C)(F)c1ccccc1-c1ccccc1. The summed E-state index contributed by atoms with van der Waals surface area (Å²) in [5.41, 5.74) is -0.413. The summed E-state index contributed by atoms with van der Waals surface area (Å²) < 4.78 is 31.7. The summed E-state index contributed by atoms with van der Waals surface area (Å²) in [4.78, 5) is 39.2. The molecule has 0 radical (unpaired) electrons. The number of methoxy groups -OCH3 is 1. The van der Waals surface area contributed by atoms with E-state index in [1.807, 2.05) is 30.3 Å². The van der Waals surface area contributed by atoms with Crippen LogP contribution in [0.1, 0.15) is 30.9 Å². The van der Waals surface area contributed by atoms with Crippen LogP contribution < -0.4 is 9.47 Å². The Kier molecular flexibility index (Phi) is 10.1. The van der Waals surface area contributed by atoms with Gasteiger partial charge in [0.25, 0.3) is 5.09 Å². The van der Waals surface area contributed by atoms with Gasteiger partial charge in [0.2, 0.25) is 5.67 Å². The molecule has 0 heterocycles. The first-order valence-corrected chi connectivity index (χ1v) is 12.1.